The van der Waals surface area contributed by atoms with Crippen LogP contribution < -0.4 is 4.74 Å². The maximum Gasteiger partial charge on any atom is 0.246 e. The number of piperidine rings is 1. The van der Waals surface area contributed by atoms with Crippen molar-refractivity contribution in [1.29, 1.82) is 0 Å². The molecule has 1 aromatic heterocycles. The van der Waals surface area contributed by atoms with Crippen LogP contribution in [0.2, 0.25) is 0 Å². The third-order valence-electron chi connectivity index (χ3n) is 10.3. The largest absolute Gasteiger partial charge is 0.504 e. The monoisotopic (exact) mass is 461 g/mol. The van der Waals surface area contributed by atoms with Gasteiger partial charge in [0.1, 0.15) is 12.6 Å². The first-order valence-corrected chi connectivity index (χ1v) is 13.0. The average molecular weight is 462 g/mol. The molecule has 8 nitrogen and oxygen atoms in total. The van der Waals surface area contributed by atoms with Crippen LogP contribution in [0.3, 0.4) is 0 Å². The number of carbonyl (C=O) groups is 1. The maximum absolute atomic E-state index is 13.6. The van der Waals surface area contributed by atoms with E-state index in [4.69, 9.17) is 4.74 Å². The minimum atomic E-state index is -0.110. The van der Waals surface area contributed by atoms with Crippen molar-refractivity contribution in [2.24, 2.45) is 11.3 Å². The summed E-state index contributed by atoms with van der Waals surface area (Å²) in [5, 5.41) is 19.2. The predicted molar refractivity (Wildman–Crippen MR) is 122 cm³/mol. The first-order chi connectivity index (χ1) is 16.6. The molecule has 5 atom stereocenters. The Hall–Kier alpha value is -2.61. The highest BCUT2D eigenvalue weighted by molar-refractivity contribution is 5.77. The van der Waals surface area contributed by atoms with E-state index in [1.807, 2.05) is 6.07 Å². The van der Waals surface area contributed by atoms with Crippen molar-refractivity contribution >= 4 is 5.91 Å². The quantitative estimate of drug-likeness (QED) is 0.751. The lowest BCUT2D eigenvalue weighted by Crippen LogP contribution is -2.72. The summed E-state index contributed by atoms with van der Waals surface area (Å²) in [6, 6.07) is 4.47. The Bertz CT molecular complexity index is 1180. The molecule has 34 heavy (non-hydrogen) atoms. The molecule has 3 aliphatic carbocycles. The molecule has 178 valence electrons. The second-order valence-electron chi connectivity index (χ2n) is 11.5. The number of likely N-dealkylation sites (tertiary alicyclic amines) is 1. The Kier molecular flexibility index (Phi) is 3.78. The lowest BCUT2D eigenvalue weighted by Gasteiger charge is -2.66. The normalized spacial score (nSPS) is 37.3. The van der Waals surface area contributed by atoms with E-state index in [0.29, 0.717) is 11.8 Å². The summed E-state index contributed by atoms with van der Waals surface area (Å²) in [7, 11) is 0. The molecule has 5 fully saturated rings. The Morgan fingerprint density at radius 2 is 1.97 bits per heavy atom. The van der Waals surface area contributed by atoms with E-state index < -0.39 is 0 Å². The number of carbonyl (C=O) groups excluding carboxylic acids is 1. The summed E-state index contributed by atoms with van der Waals surface area (Å²) in [5.74, 6) is 1.89. The van der Waals surface area contributed by atoms with E-state index in [2.05, 4.69) is 26.1 Å². The van der Waals surface area contributed by atoms with Crippen molar-refractivity contribution in [3.8, 4) is 11.5 Å². The van der Waals surface area contributed by atoms with E-state index in [0.717, 1.165) is 51.1 Å². The molecule has 2 saturated carbocycles. The molecule has 1 amide bonds. The van der Waals surface area contributed by atoms with Gasteiger partial charge in [-0.05, 0) is 69.0 Å². The SMILES string of the molecule is O=C(Cn1nccn1)N1CC[C@@]23CC[C@@H]1[C@@H]1Oc4c(O)ccc5c4[C@@]12CCN(CC1CC1)[C@@H]3C5. The molecule has 2 spiro atoms. The highest BCUT2D eigenvalue weighted by atomic mass is 16.5. The number of phenolic OH excluding ortho intramolecular Hbond substituents is 1. The zero-order chi connectivity index (χ0) is 22.7. The lowest BCUT2D eigenvalue weighted by atomic mass is 9.42. The minimum absolute atomic E-state index is 0.0204. The van der Waals surface area contributed by atoms with E-state index >= 15 is 0 Å². The first kappa shape index (κ1) is 19.7. The third kappa shape index (κ3) is 2.30. The molecular weight excluding hydrogens is 430 g/mol. The number of benzene rings is 1. The molecule has 3 saturated heterocycles. The summed E-state index contributed by atoms with van der Waals surface area (Å²) in [5.41, 5.74) is 2.62. The van der Waals surface area contributed by atoms with Crippen LogP contribution in [0.15, 0.2) is 24.5 Å². The van der Waals surface area contributed by atoms with Gasteiger partial charge in [-0.3, -0.25) is 9.69 Å². The van der Waals surface area contributed by atoms with Gasteiger partial charge in [-0.1, -0.05) is 6.07 Å². The van der Waals surface area contributed by atoms with Gasteiger partial charge in [-0.2, -0.15) is 15.0 Å². The molecule has 0 unspecified atom stereocenters. The number of amides is 1. The van der Waals surface area contributed by atoms with E-state index in [9.17, 15) is 9.90 Å². The first-order valence-electron chi connectivity index (χ1n) is 13.0. The van der Waals surface area contributed by atoms with Gasteiger partial charge in [0.15, 0.2) is 11.5 Å². The van der Waals surface area contributed by atoms with Crippen molar-refractivity contribution in [3.05, 3.63) is 35.7 Å². The highest BCUT2D eigenvalue weighted by Crippen LogP contribution is 2.71. The van der Waals surface area contributed by atoms with E-state index in [1.54, 1.807) is 12.4 Å². The van der Waals surface area contributed by atoms with Crippen LogP contribution in [0.4, 0.5) is 0 Å². The zero-order valence-corrected chi connectivity index (χ0v) is 19.4. The fraction of sp³-hybridized carbons (Fsp3) is 0.654. The Labute approximate surface area is 198 Å². The van der Waals surface area contributed by atoms with Crippen LogP contribution in [0.25, 0.3) is 0 Å². The molecule has 2 aromatic rings. The number of rotatable bonds is 4. The van der Waals surface area contributed by atoms with Crippen LogP contribution in [0, 0.1) is 11.3 Å². The number of aromatic nitrogens is 3. The van der Waals surface area contributed by atoms with Gasteiger partial charge in [-0.25, -0.2) is 0 Å². The van der Waals surface area contributed by atoms with Crippen molar-refractivity contribution < 1.29 is 14.6 Å². The summed E-state index contributed by atoms with van der Waals surface area (Å²) in [4.78, 5) is 19.9. The van der Waals surface area contributed by atoms with Crippen molar-refractivity contribution in [1.82, 2.24) is 24.8 Å². The van der Waals surface area contributed by atoms with E-state index in [1.165, 1.54) is 35.3 Å². The highest BCUT2D eigenvalue weighted by Gasteiger charge is 2.74. The molecule has 8 heteroatoms. The Morgan fingerprint density at radius 1 is 1.12 bits per heavy atom. The van der Waals surface area contributed by atoms with Crippen LogP contribution >= 0.6 is 0 Å². The fourth-order valence-electron chi connectivity index (χ4n) is 8.83. The van der Waals surface area contributed by atoms with Crippen molar-refractivity contribution in [2.75, 3.05) is 19.6 Å². The van der Waals surface area contributed by atoms with Crippen molar-refractivity contribution in [3.63, 3.8) is 0 Å². The Morgan fingerprint density at radius 3 is 2.79 bits per heavy atom. The molecule has 1 N–H and O–H groups in total. The fourth-order valence-corrected chi connectivity index (χ4v) is 8.83. The summed E-state index contributed by atoms with van der Waals surface area (Å²) >= 11 is 0. The molecule has 0 radical (unpaired) electrons. The van der Waals surface area contributed by atoms with Gasteiger partial charge < -0.3 is 14.7 Å². The number of hydrogen-bond donors (Lipinski definition) is 1. The lowest BCUT2D eigenvalue weighted by molar-refractivity contribution is -0.145. The molecule has 4 bridgehead atoms. The number of nitrogens with zero attached hydrogens (tertiary/aromatic N) is 5. The van der Waals surface area contributed by atoms with Crippen LogP contribution in [-0.2, 0) is 23.2 Å². The number of hydrogen-bond acceptors (Lipinski definition) is 6. The van der Waals surface area contributed by atoms with Gasteiger partial charge in [0.05, 0.1) is 18.4 Å². The second kappa shape index (κ2) is 6.53. The molecule has 9 rings (SSSR count). The zero-order valence-electron chi connectivity index (χ0n) is 19.4. The summed E-state index contributed by atoms with van der Waals surface area (Å²) in [6.45, 7) is 3.24. The van der Waals surface area contributed by atoms with Gasteiger partial charge in [-0.15, -0.1) is 0 Å². The number of phenols is 1. The van der Waals surface area contributed by atoms with Crippen LogP contribution in [0.1, 0.15) is 49.7 Å². The smallest absolute Gasteiger partial charge is 0.246 e. The maximum atomic E-state index is 13.6. The van der Waals surface area contributed by atoms with Crippen molar-refractivity contribution in [2.45, 2.75) is 75.1 Å². The molecule has 4 aliphatic heterocycles. The van der Waals surface area contributed by atoms with Crippen LogP contribution in [-0.4, -0.2) is 73.6 Å². The topological polar surface area (TPSA) is 83.7 Å². The van der Waals surface area contributed by atoms with Gasteiger partial charge in [0, 0.05) is 35.5 Å². The number of ether oxygens (including phenoxy) is 1. The number of aromatic hydroxyl groups is 1. The molecule has 1 aromatic carbocycles. The minimum Gasteiger partial charge on any atom is -0.504 e. The summed E-state index contributed by atoms with van der Waals surface area (Å²) < 4.78 is 6.76. The van der Waals surface area contributed by atoms with Gasteiger partial charge in [0.25, 0.3) is 0 Å². The van der Waals surface area contributed by atoms with Crippen LogP contribution in [0.5, 0.6) is 11.5 Å². The predicted octanol–water partition coefficient (Wildman–Crippen LogP) is 2.10. The molecular formula is C26H31N5O3. The standard InChI is InChI=1S/C26H31N5O3/c32-19-4-3-17-13-20-25-6-5-18(30(12-7-25)21(33)15-31-27-9-10-28-31)24-26(25,22(17)23(19)34-24)8-11-29(20)14-16-1-2-16/h3-4,9-10,16,18,20,24,32H,1-2,5-8,11-15H2/t18-,20-,24+,25-,26+/m1/s1. The average Bonchev–Trinajstić information content (AvgIpc) is 3.46. The number of fused-ring (bicyclic) bond motifs is 3. The van der Waals surface area contributed by atoms with Gasteiger partial charge >= 0.3 is 0 Å². The second-order valence-corrected chi connectivity index (χ2v) is 11.5. The molecule has 5 heterocycles. The molecule has 7 aliphatic rings. The summed E-state index contributed by atoms with van der Waals surface area (Å²) in [6.07, 6.45) is 11.1. The van der Waals surface area contributed by atoms with E-state index in [-0.39, 0.29) is 41.2 Å². The Balaban J connectivity index is 1.26. The van der Waals surface area contributed by atoms with Gasteiger partial charge in [0.2, 0.25) is 5.91 Å². The third-order valence-corrected chi connectivity index (χ3v) is 10.3.